The van der Waals surface area contributed by atoms with Crippen molar-refractivity contribution < 1.29 is 4.74 Å². The molecule has 0 unspecified atom stereocenters. The van der Waals surface area contributed by atoms with Crippen molar-refractivity contribution in [1.82, 2.24) is 9.36 Å². The summed E-state index contributed by atoms with van der Waals surface area (Å²) in [5, 5.41) is 0.843. The van der Waals surface area contributed by atoms with Gasteiger partial charge in [0, 0.05) is 26.8 Å². The van der Waals surface area contributed by atoms with E-state index in [-0.39, 0.29) is 5.56 Å². The van der Waals surface area contributed by atoms with Gasteiger partial charge in [-0.15, -0.1) is 0 Å². The Labute approximate surface area is 135 Å². The number of halogens is 1. The first kappa shape index (κ1) is 16.8. The summed E-state index contributed by atoms with van der Waals surface area (Å²) in [7, 11) is 0.554. The molecule has 0 spiro atoms. The Morgan fingerprint density at radius 1 is 1.36 bits per heavy atom. The molecular formula is C15H20ClN3O2Si. The van der Waals surface area contributed by atoms with E-state index in [2.05, 4.69) is 24.5 Å². The van der Waals surface area contributed by atoms with E-state index in [0.717, 1.165) is 6.04 Å². The second-order valence-corrected chi connectivity index (χ2v) is 12.5. The van der Waals surface area contributed by atoms with Gasteiger partial charge in [-0.1, -0.05) is 31.2 Å². The number of hydrogen-bond acceptors (Lipinski definition) is 2. The van der Waals surface area contributed by atoms with Crippen molar-refractivity contribution in [1.29, 1.82) is 0 Å². The van der Waals surface area contributed by atoms with Gasteiger partial charge in [0.1, 0.15) is 6.73 Å². The van der Waals surface area contributed by atoms with Gasteiger partial charge >= 0.3 is 0 Å². The van der Waals surface area contributed by atoms with Crippen molar-refractivity contribution in [2.24, 2.45) is 7.05 Å². The minimum absolute atomic E-state index is 0.148. The summed E-state index contributed by atoms with van der Waals surface area (Å²) in [5.74, 6) is 0. The SMILES string of the molecule is [C-]#[N+]c1cc2c(=O)n(C)n(COCC[Si](C)(C)C)c2cc1Cl. The predicted molar refractivity (Wildman–Crippen MR) is 92.6 cm³/mol. The number of ether oxygens (including phenoxy) is 1. The molecular weight excluding hydrogens is 318 g/mol. The zero-order valence-electron chi connectivity index (χ0n) is 13.3. The van der Waals surface area contributed by atoms with E-state index in [1.807, 2.05) is 0 Å². The first-order chi connectivity index (χ1) is 10.2. The maximum atomic E-state index is 12.3. The van der Waals surface area contributed by atoms with Crippen LogP contribution in [0.25, 0.3) is 15.7 Å². The van der Waals surface area contributed by atoms with Gasteiger partial charge in [-0.2, -0.15) is 0 Å². The first-order valence-electron chi connectivity index (χ1n) is 7.09. The first-order valence-corrected chi connectivity index (χ1v) is 11.2. The van der Waals surface area contributed by atoms with Crippen LogP contribution in [-0.2, 0) is 18.5 Å². The normalized spacial score (nSPS) is 11.8. The van der Waals surface area contributed by atoms with Crippen LogP contribution in [0.5, 0.6) is 0 Å². The molecule has 2 aromatic rings. The van der Waals surface area contributed by atoms with Crippen LogP contribution in [0.2, 0.25) is 30.7 Å². The van der Waals surface area contributed by atoms with Crippen LogP contribution in [0.4, 0.5) is 5.69 Å². The standard InChI is InChI=1S/C15H20ClN3O2Si/c1-17-13-8-11-14(9-12(13)16)19(18(2)15(11)20)10-21-6-7-22(3,4)5/h8-9H,6-7,10H2,2-5H3. The van der Waals surface area contributed by atoms with Crippen LogP contribution in [0, 0.1) is 6.57 Å². The molecule has 7 heteroatoms. The molecule has 0 saturated carbocycles. The Kier molecular flexibility index (Phi) is 4.80. The second-order valence-electron chi connectivity index (χ2n) is 6.51. The third-order valence-electron chi connectivity index (χ3n) is 3.56. The largest absolute Gasteiger partial charge is 0.360 e. The van der Waals surface area contributed by atoms with E-state index in [1.54, 1.807) is 23.9 Å². The molecule has 0 aliphatic carbocycles. The average Bonchev–Trinajstić information content (AvgIpc) is 2.65. The minimum atomic E-state index is -1.14. The molecule has 0 aliphatic heterocycles. The highest BCUT2D eigenvalue weighted by atomic mass is 35.5. The maximum Gasteiger partial charge on any atom is 0.273 e. The van der Waals surface area contributed by atoms with Gasteiger partial charge < -0.3 is 4.74 Å². The molecule has 0 radical (unpaired) electrons. The van der Waals surface area contributed by atoms with Crippen molar-refractivity contribution in [3.8, 4) is 0 Å². The molecule has 1 aromatic carbocycles. The number of rotatable bonds is 5. The molecule has 0 aliphatic rings. The summed E-state index contributed by atoms with van der Waals surface area (Å²) >= 11 is 6.08. The van der Waals surface area contributed by atoms with Gasteiger partial charge in [0.15, 0.2) is 0 Å². The number of hydrogen-bond donors (Lipinski definition) is 0. The van der Waals surface area contributed by atoms with Crippen LogP contribution < -0.4 is 5.56 Å². The lowest BCUT2D eigenvalue weighted by molar-refractivity contribution is 0.0736. The fourth-order valence-electron chi connectivity index (χ4n) is 2.15. The Bertz CT molecular complexity index is 796. The van der Waals surface area contributed by atoms with Gasteiger partial charge in [-0.25, -0.2) is 4.85 Å². The Morgan fingerprint density at radius 3 is 2.64 bits per heavy atom. The lowest BCUT2D eigenvalue weighted by atomic mass is 10.2. The van der Waals surface area contributed by atoms with E-state index in [1.165, 1.54) is 4.68 Å². The molecule has 0 bridgehead atoms. The summed E-state index contributed by atoms with van der Waals surface area (Å²) in [6, 6.07) is 4.28. The Hall–Kier alpha value is -1.55. The van der Waals surface area contributed by atoms with Crippen LogP contribution in [0.3, 0.4) is 0 Å². The molecule has 118 valence electrons. The third-order valence-corrected chi connectivity index (χ3v) is 5.57. The molecule has 0 atom stereocenters. The Balaban J connectivity index is 2.31. The summed E-state index contributed by atoms with van der Waals surface area (Å²) in [5.41, 5.74) is 0.840. The molecule has 1 aromatic heterocycles. The number of nitrogens with zero attached hydrogens (tertiary/aromatic N) is 3. The van der Waals surface area contributed by atoms with Gasteiger partial charge in [0.25, 0.3) is 5.56 Å². The maximum absolute atomic E-state index is 12.3. The number of aromatic nitrogens is 2. The van der Waals surface area contributed by atoms with Gasteiger partial charge in [-0.3, -0.25) is 14.2 Å². The van der Waals surface area contributed by atoms with Crippen molar-refractivity contribution in [3.05, 3.63) is 38.9 Å². The minimum Gasteiger partial charge on any atom is -0.360 e. The number of benzene rings is 1. The quantitative estimate of drug-likeness (QED) is 0.472. The summed E-state index contributed by atoms with van der Waals surface area (Å²) < 4.78 is 8.98. The highest BCUT2D eigenvalue weighted by Crippen LogP contribution is 2.29. The predicted octanol–water partition coefficient (Wildman–Crippen LogP) is 3.86. The molecule has 22 heavy (non-hydrogen) atoms. The molecule has 5 nitrogen and oxygen atoms in total. The van der Waals surface area contributed by atoms with E-state index < -0.39 is 8.07 Å². The van der Waals surface area contributed by atoms with Crippen LogP contribution in [-0.4, -0.2) is 24.0 Å². The van der Waals surface area contributed by atoms with Crippen molar-refractivity contribution in [2.75, 3.05) is 6.61 Å². The fraction of sp³-hybridized carbons (Fsp3) is 0.467. The second kappa shape index (κ2) is 6.29. The van der Waals surface area contributed by atoms with Gasteiger partial charge in [-0.05, 0) is 18.2 Å². The number of fused-ring (bicyclic) bond motifs is 1. The zero-order chi connectivity index (χ0) is 16.5. The molecule has 2 rings (SSSR count). The average molecular weight is 338 g/mol. The molecule has 0 amide bonds. The molecule has 0 N–H and O–H groups in total. The van der Waals surface area contributed by atoms with Crippen LogP contribution >= 0.6 is 11.6 Å². The van der Waals surface area contributed by atoms with E-state index >= 15 is 0 Å². The van der Waals surface area contributed by atoms with E-state index in [9.17, 15) is 4.79 Å². The Morgan fingerprint density at radius 2 is 2.05 bits per heavy atom. The van der Waals surface area contributed by atoms with Crippen molar-refractivity contribution >= 4 is 36.3 Å². The molecule has 0 fully saturated rings. The molecule has 1 heterocycles. The van der Waals surface area contributed by atoms with Crippen molar-refractivity contribution in [2.45, 2.75) is 32.4 Å². The fourth-order valence-corrected chi connectivity index (χ4v) is 3.11. The van der Waals surface area contributed by atoms with Gasteiger partial charge in [0.2, 0.25) is 5.69 Å². The van der Waals surface area contributed by atoms with Crippen molar-refractivity contribution in [3.63, 3.8) is 0 Å². The summed E-state index contributed by atoms with van der Waals surface area (Å²) in [6.07, 6.45) is 0. The van der Waals surface area contributed by atoms with Crippen LogP contribution in [0.15, 0.2) is 16.9 Å². The lowest BCUT2D eigenvalue weighted by Gasteiger charge is -2.16. The van der Waals surface area contributed by atoms with Gasteiger partial charge in [0.05, 0.1) is 17.5 Å². The third kappa shape index (κ3) is 3.43. The summed E-state index contributed by atoms with van der Waals surface area (Å²) in [6.45, 7) is 14.9. The zero-order valence-corrected chi connectivity index (χ0v) is 15.1. The molecule has 0 saturated heterocycles. The van der Waals surface area contributed by atoms with Crippen LogP contribution in [0.1, 0.15) is 0 Å². The monoisotopic (exact) mass is 337 g/mol. The highest BCUT2D eigenvalue weighted by Gasteiger charge is 2.15. The van der Waals surface area contributed by atoms with E-state index in [0.29, 0.717) is 35.0 Å². The van der Waals surface area contributed by atoms with E-state index in [4.69, 9.17) is 22.9 Å². The lowest BCUT2D eigenvalue weighted by Crippen LogP contribution is -2.24. The smallest absolute Gasteiger partial charge is 0.273 e. The highest BCUT2D eigenvalue weighted by molar-refractivity contribution is 6.76. The summed E-state index contributed by atoms with van der Waals surface area (Å²) in [4.78, 5) is 15.6. The topological polar surface area (TPSA) is 40.5 Å².